The Morgan fingerprint density at radius 3 is 2.42 bits per heavy atom. The maximum Gasteiger partial charge on any atom is 0.274 e. The van der Waals surface area contributed by atoms with Crippen LogP contribution in [0.3, 0.4) is 0 Å². The molecule has 0 bridgehead atoms. The summed E-state index contributed by atoms with van der Waals surface area (Å²) >= 11 is 0. The molecule has 0 atom stereocenters. The number of methoxy groups -OCH3 is 1. The molecule has 1 heterocycles. The minimum absolute atomic E-state index is 0.244. The molecule has 3 aromatic rings. The summed E-state index contributed by atoms with van der Waals surface area (Å²) in [6.07, 6.45) is 0.283. The molecule has 2 aromatic carbocycles. The highest BCUT2D eigenvalue weighted by atomic mass is 19.1. The molecule has 2 N–H and O–H groups in total. The average Bonchev–Trinajstić information content (AvgIpc) is 2.60. The fourth-order valence-electron chi connectivity index (χ4n) is 2.14. The Morgan fingerprint density at radius 2 is 1.79 bits per heavy atom. The van der Waals surface area contributed by atoms with E-state index in [4.69, 9.17) is 4.74 Å². The molecule has 0 saturated carbocycles. The molecule has 0 aliphatic rings. The number of halogens is 1. The van der Waals surface area contributed by atoms with E-state index in [9.17, 15) is 9.18 Å². The van der Waals surface area contributed by atoms with Gasteiger partial charge in [0.2, 0.25) is 5.95 Å². The van der Waals surface area contributed by atoms with Crippen LogP contribution in [-0.2, 0) is 6.42 Å². The minimum Gasteiger partial charge on any atom is -0.497 e. The zero-order chi connectivity index (χ0) is 16.9. The van der Waals surface area contributed by atoms with Crippen molar-refractivity contribution in [2.24, 2.45) is 0 Å². The van der Waals surface area contributed by atoms with Gasteiger partial charge in [0.1, 0.15) is 17.3 Å². The summed E-state index contributed by atoms with van der Waals surface area (Å²) in [6.45, 7) is 0. The van der Waals surface area contributed by atoms with Gasteiger partial charge in [-0.25, -0.2) is 4.39 Å². The summed E-state index contributed by atoms with van der Waals surface area (Å²) in [5.41, 5.74) is 1.45. The molecule has 0 aliphatic heterocycles. The lowest BCUT2D eigenvalue weighted by molar-refractivity contribution is 0.415. The lowest BCUT2D eigenvalue weighted by Gasteiger charge is -2.06. The summed E-state index contributed by atoms with van der Waals surface area (Å²) in [5.74, 6) is 0.653. The number of rotatable bonds is 5. The summed E-state index contributed by atoms with van der Waals surface area (Å²) in [5, 5.41) is 10.9. The van der Waals surface area contributed by atoms with Gasteiger partial charge in [0.25, 0.3) is 5.56 Å². The molecule has 24 heavy (non-hydrogen) atoms. The van der Waals surface area contributed by atoms with Crippen molar-refractivity contribution >= 4 is 11.6 Å². The Hall–Kier alpha value is -3.22. The number of hydrogen-bond donors (Lipinski definition) is 2. The number of H-pyrrole nitrogens is 1. The topological polar surface area (TPSA) is 79.9 Å². The first-order valence-electron chi connectivity index (χ1n) is 7.25. The maximum atomic E-state index is 12.9. The molecule has 0 aliphatic carbocycles. The van der Waals surface area contributed by atoms with Gasteiger partial charge < -0.3 is 10.1 Å². The molecule has 7 heteroatoms. The summed E-state index contributed by atoms with van der Waals surface area (Å²) < 4.78 is 18.0. The Kier molecular flexibility index (Phi) is 4.51. The summed E-state index contributed by atoms with van der Waals surface area (Å²) in [6, 6.07) is 13.1. The molecular weight excluding hydrogens is 311 g/mol. The van der Waals surface area contributed by atoms with Crippen LogP contribution >= 0.6 is 0 Å². The smallest absolute Gasteiger partial charge is 0.274 e. The van der Waals surface area contributed by atoms with Crippen LogP contribution in [0.1, 0.15) is 11.3 Å². The monoisotopic (exact) mass is 326 g/mol. The molecule has 0 unspecified atom stereocenters. The lowest BCUT2D eigenvalue weighted by atomic mass is 10.1. The van der Waals surface area contributed by atoms with E-state index in [1.165, 1.54) is 12.1 Å². The maximum absolute atomic E-state index is 12.9. The first-order valence-corrected chi connectivity index (χ1v) is 7.25. The van der Waals surface area contributed by atoms with Crippen LogP contribution in [0.5, 0.6) is 5.75 Å². The van der Waals surface area contributed by atoms with Crippen LogP contribution in [-0.4, -0.2) is 22.3 Å². The highest BCUT2D eigenvalue weighted by Crippen LogP contribution is 2.17. The van der Waals surface area contributed by atoms with Crippen molar-refractivity contribution in [3.05, 3.63) is 76.0 Å². The Labute approximate surface area is 137 Å². The van der Waals surface area contributed by atoms with Crippen LogP contribution in [0.2, 0.25) is 0 Å². The normalized spacial score (nSPS) is 10.4. The molecule has 0 saturated heterocycles. The number of benzene rings is 2. The van der Waals surface area contributed by atoms with E-state index in [0.717, 1.165) is 17.0 Å². The standard InChI is InChI=1S/C17H15FN4O2/c1-24-14-8-6-13(7-9-14)19-17-20-16(23)15(21-22-17)10-11-2-4-12(18)5-3-11/h2-9H,10H2,1H3,(H2,19,20,22,23). The minimum atomic E-state index is -0.342. The van der Waals surface area contributed by atoms with E-state index in [1.807, 2.05) is 0 Å². The number of nitrogens with zero attached hydrogens (tertiary/aromatic N) is 2. The van der Waals surface area contributed by atoms with Crippen LogP contribution in [0.25, 0.3) is 0 Å². The largest absolute Gasteiger partial charge is 0.497 e. The fourth-order valence-corrected chi connectivity index (χ4v) is 2.14. The lowest BCUT2D eigenvalue weighted by Crippen LogP contribution is -2.18. The number of nitrogens with one attached hydrogen (secondary N) is 2. The van der Waals surface area contributed by atoms with E-state index in [1.54, 1.807) is 43.5 Å². The van der Waals surface area contributed by atoms with Gasteiger partial charge in [-0.3, -0.25) is 9.78 Å². The first kappa shape index (κ1) is 15.7. The zero-order valence-electron chi connectivity index (χ0n) is 12.9. The van der Waals surface area contributed by atoms with Gasteiger partial charge in [0.05, 0.1) is 7.11 Å². The fraction of sp³-hybridized carbons (Fsp3) is 0.118. The van der Waals surface area contributed by atoms with Crippen LogP contribution in [0, 0.1) is 5.82 Å². The molecule has 0 radical (unpaired) electrons. The number of anilines is 2. The number of aromatic nitrogens is 3. The average molecular weight is 326 g/mol. The van der Waals surface area contributed by atoms with Gasteiger partial charge in [-0.05, 0) is 42.0 Å². The van der Waals surface area contributed by atoms with Gasteiger partial charge >= 0.3 is 0 Å². The van der Waals surface area contributed by atoms with Crippen LogP contribution in [0.15, 0.2) is 53.3 Å². The number of aromatic amines is 1. The molecular formula is C17H15FN4O2. The molecule has 0 amide bonds. The molecule has 1 aromatic heterocycles. The van der Waals surface area contributed by atoms with E-state index in [-0.39, 0.29) is 29.4 Å². The summed E-state index contributed by atoms with van der Waals surface area (Å²) in [7, 11) is 1.59. The van der Waals surface area contributed by atoms with Crippen molar-refractivity contribution in [2.45, 2.75) is 6.42 Å². The zero-order valence-corrected chi connectivity index (χ0v) is 12.9. The van der Waals surface area contributed by atoms with E-state index >= 15 is 0 Å². The summed E-state index contributed by atoms with van der Waals surface area (Å²) in [4.78, 5) is 14.7. The second kappa shape index (κ2) is 6.91. The van der Waals surface area contributed by atoms with Gasteiger partial charge in [0.15, 0.2) is 0 Å². The second-order valence-electron chi connectivity index (χ2n) is 5.11. The quantitative estimate of drug-likeness (QED) is 0.753. The highest BCUT2D eigenvalue weighted by Gasteiger charge is 2.07. The van der Waals surface area contributed by atoms with Crippen LogP contribution < -0.4 is 15.6 Å². The third kappa shape index (κ3) is 3.75. The molecule has 0 fully saturated rings. The molecule has 0 spiro atoms. The van der Waals surface area contributed by atoms with E-state index in [2.05, 4.69) is 20.5 Å². The number of ether oxygens (including phenoxy) is 1. The molecule has 122 valence electrons. The van der Waals surface area contributed by atoms with Crippen molar-refractivity contribution in [2.75, 3.05) is 12.4 Å². The SMILES string of the molecule is COc1ccc(Nc2nnc(Cc3ccc(F)cc3)c(=O)[nH]2)cc1. The van der Waals surface area contributed by atoms with Crippen molar-refractivity contribution in [1.29, 1.82) is 0 Å². The van der Waals surface area contributed by atoms with Crippen molar-refractivity contribution in [1.82, 2.24) is 15.2 Å². The Morgan fingerprint density at radius 1 is 1.08 bits per heavy atom. The Bertz CT molecular complexity index is 876. The van der Waals surface area contributed by atoms with Gasteiger partial charge in [-0.1, -0.05) is 12.1 Å². The van der Waals surface area contributed by atoms with Crippen LogP contribution in [0.4, 0.5) is 16.0 Å². The molecule has 3 rings (SSSR count). The van der Waals surface area contributed by atoms with Crippen molar-refractivity contribution in [3.63, 3.8) is 0 Å². The van der Waals surface area contributed by atoms with E-state index < -0.39 is 0 Å². The highest BCUT2D eigenvalue weighted by molar-refractivity contribution is 5.54. The predicted octanol–water partition coefficient (Wildman–Crippen LogP) is 2.65. The van der Waals surface area contributed by atoms with Crippen molar-refractivity contribution < 1.29 is 9.13 Å². The van der Waals surface area contributed by atoms with Crippen molar-refractivity contribution in [3.8, 4) is 5.75 Å². The third-order valence-corrected chi connectivity index (χ3v) is 3.40. The van der Waals surface area contributed by atoms with Gasteiger partial charge in [0, 0.05) is 12.1 Å². The predicted molar refractivity (Wildman–Crippen MR) is 88.1 cm³/mol. The second-order valence-corrected chi connectivity index (χ2v) is 5.11. The van der Waals surface area contributed by atoms with E-state index in [0.29, 0.717) is 0 Å². The van der Waals surface area contributed by atoms with Gasteiger partial charge in [-0.15, -0.1) is 10.2 Å². The number of hydrogen-bond acceptors (Lipinski definition) is 5. The van der Waals surface area contributed by atoms with Gasteiger partial charge in [-0.2, -0.15) is 0 Å². The third-order valence-electron chi connectivity index (χ3n) is 3.40. The Balaban J connectivity index is 1.74. The first-order chi connectivity index (χ1) is 11.6. The molecule has 6 nitrogen and oxygen atoms in total.